The summed E-state index contributed by atoms with van der Waals surface area (Å²) in [6.07, 6.45) is 0. The lowest BCUT2D eigenvalue weighted by Gasteiger charge is -2.25. The first kappa shape index (κ1) is 23.1. The van der Waals surface area contributed by atoms with Crippen LogP contribution >= 0.6 is 17.8 Å². The molecule has 0 atom stereocenters. The van der Waals surface area contributed by atoms with E-state index < -0.39 is 13.7 Å². The summed E-state index contributed by atoms with van der Waals surface area (Å²) in [5.74, 6) is 0. The van der Waals surface area contributed by atoms with Crippen molar-refractivity contribution < 1.29 is 17.3 Å². The van der Waals surface area contributed by atoms with Crippen molar-refractivity contribution in [1.29, 1.82) is 0 Å². The Kier molecular flexibility index (Phi) is 7.94. The number of rotatable bonds is 5. The van der Waals surface area contributed by atoms with Gasteiger partial charge in [-0.25, -0.2) is 0 Å². The van der Waals surface area contributed by atoms with Crippen LogP contribution in [0.25, 0.3) is 0 Å². The molecule has 0 aliphatic rings. The second kappa shape index (κ2) is 10.7. The molecule has 0 nitrogen and oxygen atoms in total. The van der Waals surface area contributed by atoms with Gasteiger partial charge in [0.05, 0.1) is 11.4 Å². The van der Waals surface area contributed by atoms with Crippen LogP contribution in [0.3, 0.4) is 0 Å². The van der Waals surface area contributed by atoms with E-state index in [1.807, 2.05) is 11.4 Å². The summed E-state index contributed by atoms with van der Waals surface area (Å²) in [6, 6.07) is 43.7. The molecule has 0 saturated carbocycles. The Morgan fingerprint density at radius 3 is 1.00 bits per heavy atom. The third-order valence-electron chi connectivity index (χ3n) is 4.34. The van der Waals surface area contributed by atoms with E-state index in [4.69, 9.17) is 0 Å². The zero-order valence-corrected chi connectivity index (χ0v) is 18.2. The van der Waals surface area contributed by atoms with Crippen LogP contribution in [-0.4, -0.2) is 7.25 Å². The molecule has 0 unspecified atom stereocenters. The van der Waals surface area contributed by atoms with Crippen LogP contribution in [0, 0.1) is 0 Å². The van der Waals surface area contributed by atoms with Crippen LogP contribution < -0.4 is 15.9 Å². The monoisotopic (exact) mass is 458 g/mol. The van der Waals surface area contributed by atoms with E-state index >= 15 is 0 Å². The van der Waals surface area contributed by atoms with E-state index in [0.717, 1.165) is 0 Å². The third kappa shape index (κ3) is 6.46. The highest BCUT2D eigenvalue weighted by Crippen LogP contribution is 2.69. The minimum Gasteiger partial charge on any atom is -0.418 e. The number of hydrogen-bond acceptors (Lipinski definition) is 1. The molecule has 4 rings (SSSR count). The number of hydrogen-bond donors (Lipinski definition) is 0. The van der Waals surface area contributed by atoms with E-state index in [2.05, 4.69) is 121 Å². The van der Waals surface area contributed by atoms with Crippen LogP contribution in [0.2, 0.25) is 0 Å². The summed E-state index contributed by atoms with van der Waals surface area (Å²) in [7, 11) is -6.00. The number of halogens is 4. The van der Waals surface area contributed by atoms with Crippen molar-refractivity contribution in [2.45, 2.75) is 4.90 Å². The molecule has 0 amide bonds. The summed E-state index contributed by atoms with van der Waals surface area (Å²) in [5.41, 5.74) is 0. The maximum atomic E-state index is 9.75. The lowest BCUT2D eigenvalue weighted by molar-refractivity contribution is 0.368. The van der Waals surface area contributed by atoms with Gasteiger partial charge in [0, 0.05) is 4.90 Å². The van der Waals surface area contributed by atoms with Gasteiger partial charge in [0.1, 0.15) is 15.9 Å². The quantitative estimate of drug-likeness (QED) is 0.177. The molecule has 0 aromatic heterocycles. The Balaban J connectivity index is 0.000000491. The Labute approximate surface area is 184 Å². The van der Waals surface area contributed by atoms with Gasteiger partial charge in [-0.2, -0.15) is 0 Å². The minimum atomic E-state index is -6.00. The average molecular weight is 458 g/mol. The zero-order valence-electron chi connectivity index (χ0n) is 16.5. The Bertz CT molecular complexity index is 944. The molecule has 0 heterocycles. The van der Waals surface area contributed by atoms with Crippen LogP contribution in [-0.2, 0) is 0 Å². The highest BCUT2D eigenvalue weighted by molar-refractivity contribution is 8.69. The Hall–Kier alpha value is -2.56. The molecular formula is C24H20BF4PS. The third-order valence-corrected chi connectivity index (χ3v) is 11.5. The van der Waals surface area contributed by atoms with Crippen molar-refractivity contribution in [3.8, 4) is 0 Å². The highest BCUT2D eigenvalue weighted by Gasteiger charge is 2.47. The molecule has 0 fully saturated rings. The normalized spacial score (nSPS) is 11.4. The minimum absolute atomic E-state index is 1.30. The second-order valence-corrected chi connectivity index (χ2v) is 12.1. The standard InChI is InChI=1S/C24H20PS.BF4/c1-5-13-21(14-6-1)25(22-15-7-2-8-16-22,23-17-9-3-10-18-23)26-24-19-11-4-12-20-24;2-1(3,4)5/h1-20H;/q+1;-1. The van der Waals surface area contributed by atoms with Crippen molar-refractivity contribution >= 4 is 41.0 Å². The lowest BCUT2D eigenvalue weighted by Crippen LogP contribution is -2.28. The molecule has 4 aromatic carbocycles. The first-order valence-electron chi connectivity index (χ1n) is 9.57. The van der Waals surface area contributed by atoms with E-state index in [1.54, 1.807) is 0 Å². The molecule has 0 saturated heterocycles. The molecule has 4 aromatic rings. The first-order valence-corrected chi connectivity index (χ1v) is 12.8. The SMILES string of the molecule is F[B-](F)(F)F.c1ccc(S[P+](c2ccccc2)(c2ccccc2)c2ccccc2)cc1. The van der Waals surface area contributed by atoms with Gasteiger partial charge in [-0.3, -0.25) is 0 Å². The largest absolute Gasteiger partial charge is 0.673 e. The predicted molar refractivity (Wildman–Crippen MR) is 128 cm³/mol. The van der Waals surface area contributed by atoms with Gasteiger partial charge < -0.3 is 17.3 Å². The van der Waals surface area contributed by atoms with Crippen LogP contribution in [0.4, 0.5) is 17.3 Å². The predicted octanol–water partition coefficient (Wildman–Crippen LogP) is 6.99. The van der Waals surface area contributed by atoms with Crippen molar-refractivity contribution in [2.24, 2.45) is 0 Å². The van der Waals surface area contributed by atoms with Gasteiger partial charge in [0.2, 0.25) is 0 Å². The molecule has 0 spiro atoms. The summed E-state index contributed by atoms with van der Waals surface area (Å²) >= 11 is 2.01. The smallest absolute Gasteiger partial charge is 0.418 e. The molecular weight excluding hydrogens is 438 g/mol. The molecule has 0 bridgehead atoms. The fourth-order valence-electron chi connectivity index (χ4n) is 3.16. The summed E-state index contributed by atoms with van der Waals surface area (Å²) < 4.78 is 39.0. The molecule has 0 radical (unpaired) electrons. The average Bonchev–Trinajstić information content (AvgIpc) is 2.79. The van der Waals surface area contributed by atoms with E-state index in [0.29, 0.717) is 0 Å². The highest BCUT2D eigenvalue weighted by atomic mass is 32.7. The van der Waals surface area contributed by atoms with E-state index in [-0.39, 0.29) is 0 Å². The van der Waals surface area contributed by atoms with E-state index in [1.165, 1.54) is 20.8 Å². The number of benzene rings is 4. The summed E-state index contributed by atoms with van der Waals surface area (Å²) in [6.45, 7) is -1.86. The van der Waals surface area contributed by atoms with Gasteiger partial charge in [-0.15, -0.1) is 0 Å². The van der Waals surface area contributed by atoms with Gasteiger partial charge in [-0.1, -0.05) is 72.8 Å². The zero-order chi connectivity index (χ0) is 22.2. The van der Waals surface area contributed by atoms with Crippen molar-refractivity contribution in [3.05, 3.63) is 121 Å². The van der Waals surface area contributed by atoms with Gasteiger partial charge in [0.25, 0.3) is 0 Å². The molecule has 0 N–H and O–H groups in total. The topological polar surface area (TPSA) is 0 Å². The van der Waals surface area contributed by atoms with Crippen molar-refractivity contribution in [3.63, 3.8) is 0 Å². The van der Waals surface area contributed by atoms with E-state index in [9.17, 15) is 17.3 Å². The molecule has 0 aliphatic carbocycles. The fourth-order valence-corrected chi connectivity index (χ4v) is 10.1. The van der Waals surface area contributed by atoms with Crippen LogP contribution in [0.15, 0.2) is 126 Å². The second-order valence-electron chi connectivity index (χ2n) is 6.52. The lowest BCUT2D eigenvalue weighted by atomic mass is 10.3. The maximum absolute atomic E-state index is 9.75. The fraction of sp³-hybridized carbons (Fsp3) is 0. The van der Waals surface area contributed by atoms with Crippen molar-refractivity contribution in [1.82, 2.24) is 0 Å². The van der Waals surface area contributed by atoms with Crippen LogP contribution in [0.1, 0.15) is 0 Å². The van der Waals surface area contributed by atoms with Gasteiger partial charge >= 0.3 is 7.25 Å². The summed E-state index contributed by atoms with van der Waals surface area (Å²) in [4.78, 5) is 1.30. The maximum Gasteiger partial charge on any atom is 0.673 e. The Morgan fingerprint density at radius 2 is 0.710 bits per heavy atom. The molecule has 0 aliphatic heterocycles. The summed E-state index contributed by atoms with van der Waals surface area (Å²) in [5, 5.41) is 4.18. The Morgan fingerprint density at radius 1 is 0.452 bits per heavy atom. The first-order chi connectivity index (χ1) is 14.9. The molecule has 7 heteroatoms. The molecule has 31 heavy (non-hydrogen) atoms. The van der Waals surface area contributed by atoms with Gasteiger partial charge in [0.15, 0.2) is 6.46 Å². The van der Waals surface area contributed by atoms with Crippen molar-refractivity contribution in [2.75, 3.05) is 0 Å². The molecule has 158 valence electrons. The van der Waals surface area contributed by atoms with Crippen LogP contribution in [0.5, 0.6) is 0 Å². The van der Waals surface area contributed by atoms with Gasteiger partial charge in [-0.05, 0) is 48.5 Å².